The van der Waals surface area contributed by atoms with E-state index in [1.807, 2.05) is 30.3 Å². The summed E-state index contributed by atoms with van der Waals surface area (Å²) in [7, 11) is 0. The second-order valence-corrected chi connectivity index (χ2v) is 4.51. The third-order valence-electron chi connectivity index (χ3n) is 2.18. The number of esters is 1. The normalized spacial score (nSPS) is 10.1. The zero-order valence-electron chi connectivity index (χ0n) is 9.25. The molecule has 5 nitrogen and oxygen atoms in total. The van der Waals surface area contributed by atoms with Gasteiger partial charge in [-0.05, 0) is 11.6 Å². The van der Waals surface area contributed by atoms with Crippen LogP contribution in [0.1, 0.15) is 16.1 Å². The van der Waals surface area contributed by atoms with Crippen LogP contribution in [0.15, 0.2) is 47.4 Å². The van der Waals surface area contributed by atoms with Gasteiger partial charge in [0, 0.05) is 6.20 Å². The first kappa shape index (κ1) is 12.7. The Balaban J connectivity index is 2.04. The monoisotopic (exact) mass is 356 g/mol. The van der Waals surface area contributed by atoms with Gasteiger partial charge in [0.1, 0.15) is 6.61 Å². The van der Waals surface area contributed by atoms with Crippen molar-refractivity contribution in [3.05, 3.63) is 64.3 Å². The molecule has 0 unspecified atom stereocenters. The molecule has 0 radical (unpaired) electrons. The van der Waals surface area contributed by atoms with Crippen LogP contribution in [0.25, 0.3) is 0 Å². The molecule has 0 saturated carbocycles. The zero-order valence-corrected chi connectivity index (χ0v) is 11.4. The molecule has 18 heavy (non-hydrogen) atoms. The highest BCUT2D eigenvalue weighted by Crippen LogP contribution is 2.03. The Morgan fingerprint density at radius 1 is 1.28 bits per heavy atom. The Morgan fingerprint density at radius 3 is 2.67 bits per heavy atom. The van der Waals surface area contributed by atoms with Crippen LogP contribution in [0.4, 0.5) is 0 Å². The molecule has 2 aromatic rings. The Hall–Kier alpha value is -1.70. The summed E-state index contributed by atoms with van der Waals surface area (Å²) in [6.07, 6.45) is 1.47. The van der Waals surface area contributed by atoms with Crippen LogP contribution in [0.2, 0.25) is 0 Å². The fourth-order valence-corrected chi connectivity index (χ4v) is 1.57. The summed E-state index contributed by atoms with van der Waals surface area (Å²) in [6, 6.07) is 10.7. The van der Waals surface area contributed by atoms with Crippen molar-refractivity contribution in [3.63, 3.8) is 0 Å². The Morgan fingerprint density at radius 2 is 2.00 bits per heavy atom. The van der Waals surface area contributed by atoms with Crippen LogP contribution in [-0.2, 0) is 11.3 Å². The summed E-state index contributed by atoms with van der Waals surface area (Å²) >= 11 is 1.78. The first-order chi connectivity index (χ1) is 8.66. The molecule has 92 valence electrons. The molecule has 0 saturated heterocycles. The van der Waals surface area contributed by atoms with E-state index < -0.39 is 11.7 Å². The van der Waals surface area contributed by atoms with E-state index in [1.54, 1.807) is 22.9 Å². The minimum absolute atomic E-state index is 0.0175. The SMILES string of the molecule is O=C(OCc1ccccc1)c1ccn(I)c(=O)n1. The van der Waals surface area contributed by atoms with Crippen LogP contribution in [0.5, 0.6) is 0 Å². The average molecular weight is 356 g/mol. The van der Waals surface area contributed by atoms with Crippen LogP contribution >= 0.6 is 22.9 Å². The van der Waals surface area contributed by atoms with E-state index in [1.165, 1.54) is 15.0 Å². The molecule has 0 aliphatic heterocycles. The smallest absolute Gasteiger partial charge is 0.357 e. The molecule has 2 rings (SSSR count). The molecule has 0 spiro atoms. The summed E-state index contributed by atoms with van der Waals surface area (Å²) in [6.45, 7) is 0.161. The lowest BCUT2D eigenvalue weighted by atomic mass is 10.2. The summed E-state index contributed by atoms with van der Waals surface area (Å²) in [5.41, 5.74) is 0.404. The van der Waals surface area contributed by atoms with E-state index in [9.17, 15) is 9.59 Å². The molecular formula is C12H9IN2O3. The van der Waals surface area contributed by atoms with Gasteiger partial charge in [0.25, 0.3) is 0 Å². The average Bonchev–Trinajstić information content (AvgIpc) is 2.40. The lowest BCUT2D eigenvalue weighted by Crippen LogP contribution is -2.20. The first-order valence-electron chi connectivity index (χ1n) is 5.14. The second kappa shape index (κ2) is 5.76. The molecule has 1 heterocycles. The number of hydrogen-bond donors (Lipinski definition) is 0. The van der Waals surface area contributed by atoms with Gasteiger partial charge in [0.2, 0.25) is 0 Å². The quantitative estimate of drug-likeness (QED) is 0.622. The number of rotatable bonds is 3. The Kier molecular flexibility index (Phi) is 4.08. The predicted molar refractivity (Wildman–Crippen MR) is 73.5 cm³/mol. The van der Waals surface area contributed by atoms with Crippen molar-refractivity contribution < 1.29 is 9.53 Å². The molecular weight excluding hydrogens is 347 g/mol. The number of carbonyl (C=O) groups is 1. The van der Waals surface area contributed by atoms with Crippen molar-refractivity contribution in [2.45, 2.75) is 6.61 Å². The van der Waals surface area contributed by atoms with Gasteiger partial charge in [-0.15, -0.1) is 0 Å². The van der Waals surface area contributed by atoms with Gasteiger partial charge < -0.3 is 4.74 Å². The zero-order chi connectivity index (χ0) is 13.0. The summed E-state index contributed by atoms with van der Waals surface area (Å²) in [5, 5.41) is 0. The largest absolute Gasteiger partial charge is 0.456 e. The maximum Gasteiger partial charge on any atom is 0.357 e. The molecule has 0 aliphatic rings. The van der Waals surface area contributed by atoms with E-state index in [0.717, 1.165) is 5.56 Å². The highest BCUT2D eigenvalue weighted by molar-refractivity contribution is 14.1. The van der Waals surface area contributed by atoms with E-state index in [4.69, 9.17) is 4.74 Å². The topological polar surface area (TPSA) is 61.2 Å². The van der Waals surface area contributed by atoms with E-state index in [-0.39, 0.29) is 12.3 Å². The van der Waals surface area contributed by atoms with Crippen molar-refractivity contribution in [1.82, 2.24) is 7.76 Å². The van der Waals surface area contributed by atoms with Crippen LogP contribution < -0.4 is 5.69 Å². The fourth-order valence-electron chi connectivity index (χ4n) is 1.30. The molecule has 0 aliphatic carbocycles. The number of carbonyl (C=O) groups excluding carboxylic acids is 1. The van der Waals surface area contributed by atoms with Gasteiger partial charge in [-0.25, -0.2) is 12.4 Å². The molecule has 0 amide bonds. The van der Waals surface area contributed by atoms with Crippen molar-refractivity contribution in [2.24, 2.45) is 0 Å². The third-order valence-corrected chi connectivity index (χ3v) is 2.92. The maximum absolute atomic E-state index is 11.6. The van der Waals surface area contributed by atoms with Gasteiger partial charge in [-0.3, -0.25) is 0 Å². The molecule has 0 atom stereocenters. The number of nitrogens with zero attached hydrogens (tertiary/aromatic N) is 2. The Bertz CT molecular complexity index is 610. The third kappa shape index (κ3) is 3.16. The minimum atomic E-state index is -0.604. The second-order valence-electron chi connectivity index (χ2n) is 3.47. The highest BCUT2D eigenvalue weighted by Gasteiger charge is 2.10. The standard InChI is InChI=1S/C12H9IN2O3/c13-15-7-6-10(14-12(15)17)11(16)18-8-9-4-2-1-3-5-9/h1-7H,8H2. The van der Waals surface area contributed by atoms with Crippen molar-refractivity contribution in [3.8, 4) is 0 Å². The predicted octanol–water partition coefficient (Wildman–Crippen LogP) is 1.80. The number of hydrogen-bond acceptors (Lipinski definition) is 4. The Labute approximate surface area is 117 Å². The number of ether oxygens (including phenoxy) is 1. The van der Waals surface area contributed by atoms with E-state index >= 15 is 0 Å². The molecule has 1 aromatic carbocycles. The summed E-state index contributed by atoms with van der Waals surface area (Å²) < 4.78 is 6.31. The van der Waals surface area contributed by atoms with Gasteiger partial charge in [0.15, 0.2) is 5.69 Å². The van der Waals surface area contributed by atoms with Gasteiger partial charge in [-0.1, -0.05) is 30.3 Å². The van der Waals surface area contributed by atoms with Gasteiger partial charge >= 0.3 is 11.7 Å². The highest BCUT2D eigenvalue weighted by atomic mass is 127. The van der Waals surface area contributed by atoms with Crippen molar-refractivity contribution in [2.75, 3.05) is 0 Å². The summed E-state index contributed by atoms with van der Waals surface area (Å²) in [4.78, 5) is 26.5. The molecule has 0 N–H and O–H groups in total. The van der Waals surface area contributed by atoms with E-state index in [0.29, 0.717) is 0 Å². The van der Waals surface area contributed by atoms with Crippen LogP contribution in [-0.4, -0.2) is 13.7 Å². The lowest BCUT2D eigenvalue weighted by Gasteiger charge is -2.04. The lowest BCUT2D eigenvalue weighted by molar-refractivity contribution is 0.0465. The summed E-state index contributed by atoms with van der Waals surface area (Å²) in [5.74, 6) is -0.604. The maximum atomic E-state index is 11.6. The molecule has 6 heteroatoms. The first-order valence-corrected chi connectivity index (χ1v) is 6.10. The number of benzene rings is 1. The number of halogens is 1. The molecule has 0 fully saturated rings. The van der Waals surface area contributed by atoms with Gasteiger partial charge in [-0.2, -0.15) is 4.98 Å². The molecule has 0 bridgehead atoms. The van der Waals surface area contributed by atoms with E-state index in [2.05, 4.69) is 4.98 Å². The van der Waals surface area contributed by atoms with Crippen LogP contribution in [0, 0.1) is 0 Å². The molecule has 1 aromatic heterocycles. The van der Waals surface area contributed by atoms with Crippen molar-refractivity contribution in [1.29, 1.82) is 0 Å². The fraction of sp³-hybridized carbons (Fsp3) is 0.0833. The minimum Gasteiger partial charge on any atom is -0.456 e. The van der Waals surface area contributed by atoms with Crippen LogP contribution in [0.3, 0.4) is 0 Å². The van der Waals surface area contributed by atoms with Crippen molar-refractivity contribution >= 4 is 28.8 Å². The van der Waals surface area contributed by atoms with Gasteiger partial charge in [0.05, 0.1) is 22.9 Å². The number of aromatic nitrogens is 2.